The molecular formula is C81H53N9. The van der Waals surface area contributed by atoms with Gasteiger partial charge < -0.3 is 14.4 Å². The molecule has 0 aliphatic heterocycles. The van der Waals surface area contributed by atoms with Gasteiger partial charge in [0, 0.05) is 82.9 Å². The van der Waals surface area contributed by atoms with Crippen molar-refractivity contribution in [3.05, 3.63) is 322 Å². The van der Waals surface area contributed by atoms with Crippen LogP contribution in [-0.2, 0) is 0 Å². The molecule has 9 nitrogen and oxygen atoms in total. The second-order valence-electron chi connectivity index (χ2n) is 22.9. The molecule has 9 heteroatoms. The minimum Gasteiger partial charge on any atom is -0.310 e. The summed E-state index contributed by atoms with van der Waals surface area (Å²) in [6.07, 6.45) is 0. The number of para-hydroxylation sites is 9. The number of nitrogens with zero attached hydrogens (tertiary/aromatic N) is 9. The maximum absolute atomic E-state index is 5.69. The van der Waals surface area contributed by atoms with Crippen LogP contribution in [0.3, 0.4) is 0 Å². The summed E-state index contributed by atoms with van der Waals surface area (Å²) in [4.78, 5) is 21.7. The van der Waals surface area contributed by atoms with Crippen LogP contribution in [0.25, 0.3) is 122 Å². The topological polar surface area (TPSA) is 64.9 Å². The van der Waals surface area contributed by atoms with E-state index < -0.39 is 0 Å². The van der Waals surface area contributed by atoms with Gasteiger partial charge in [-0.3, -0.25) is 13.7 Å². The lowest BCUT2D eigenvalue weighted by atomic mass is 10.0. The summed E-state index contributed by atoms with van der Waals surface area (Å²) < 4.78 is 9.04. The van der Waals surface area contributed by atoms with E-state index in [2.05, 4.69) is 350 Å². The molecule has 18 aromatic rings. The van der Waals surface area contributed by atoms with Crippen molar-refractivity contribution in [2.24, 2.45) is 0 Å². The highest BCUT2D eigenvalue weighted by molar-refractivity contribution is 6.14. The first-order valence-electron chi connectivity index (χ1n) is 30.4. The van der Waals surface area contributed by atoms with E-state index in [0.29, 0.717) is 17.8 Å². The van der Waals surface area contributed by atoms with E-state index in [9.17, 15) is 0 Å². The molecule has 18 rings (SSSR count). The number of anilines is 6. The van der Waals surface area contributed by atoms with Crippen LogP contribution in [0.1, 0.15) is 0 Å². The molecule has 0 unspecified atom stereocenters. The molecule has 0 bridgehead atoms. The fraction of sp³-hybridized carbons (Fsp3) is 0. The minimum atomic E-state index is 0.490. The van der Waals surface area contributed by atoms with Crippen LogP contribution in [0, 0.1) is 0 Å². The SMILES string of the molecule is c1ccc(N(c2ccccc2)c2ccc3c(c2)c2ccccc2n3-c2nc(-n3c4ccccc4c4cc(-c5ccc6c(c5)c5ccccc5n6-c5ccccc5)ccc43)nc(-n3c4ccccc4c4cc(N(c5ccccc5)c5ccccc5)ccc43)n2)cc1. The average molecular weight is 1150 g/mol. The highest BCUT2D eigenvalue weighted by Crippen LogP contribution is 2.44. The van der Waals surface area contributed by atoms with Crippen molar-refractivity contribution in [2.75, 3.05) is 9.80 Å². The lowest BCUT2D eigenvalue weighted by molar-refractivity contribution is 0.848. The molecule has 0 amide bonds. The lowest BCUT2D eigenvalue weighted by Gasteiger charge is -2.25. The molecule has 90 heavy (non-hydrogen) atoms. The highest BCUT2D eigenvalue weighted by atomic mass is 15.3. The van der Waals surface area contributed by atoms with Gasteiger partial charge in [-0.05, 0) is 157 Å². The zero-order valence-corrected chi connectivity index (χ0v) is 48.6. The molecule has 5 aromatic heterocycles. The Morgan fingerprint density at radius 3 is 0.789 bits per heavy atom. The third-order valence-electron chi connectivity index (χ3n) is 17.8. The first-order chi connectivity index (χ1) is 44.7. The Labute approximate surface area is 517 Å². The first kappa shape index (κ1) is 50.9. The second kappa shape index (κ2) is 20.7. The molecule has 0 spiro atoms. The summed E-state index contributed by atoms with van der Waals surface area (Å²) in [5, 5.41) is 8.91. The van der Waals surface area contributed by atoms with Gasteiger partial charge in [0.25, 0.3) is 0 Å². The minimum absolute atomic E-state index is 0.490. The summed E-state index contributed by atoms with van der Waals surface area (Å²) in [7, 11) is 0. The molecular weight excluding hydrogens is 1100 g/mol. The van der Waals surface area contributed by atoms with Gasteiger partial charge in [0.15, 0.2) is 0 Å². The number of aromatic nitrogens is 7. The maximum atomic E-state index is 5.69. The van der Waals surface area contributed by atoms with Crippen molar-refractivity contribution >= 4 is 121 Å². The molecule has 0 aliphatic carbocycles. The number of hydrogen-bond donors (Lipinski definition) is 0. The highest BCUT2D eigenvalue weighted by Gasteiger charge is 2.26. The molecule has 0 atom stereocenters. The van der Waals surface area contributed by atoms with Crippen molar-refractivity contribution in [2.45, 2.75) is 0 Å². The molecule has 0 fully saturated rings. The van der Waals surface area contributed by atoms with Gasteiger partial charge in [0.2, 0.25) is 17.8 Å². The molecule has 0 N–H and O–H groups in total. The summed E-state index contributed by atoms with van der Waals surface area (Å²) in [6, 6.07) is 115. The normalized spacial score (nSPS) is 11.8. The summed E-state index contributed by atoms with van der Waals surface area (Å²) in [6.45, 7) is 0. The van der Waals surface area contributed by atoms with Crippen molar-refractivity contribution in [3.8, 4) is 34.7 Å². The average Bonchev–Trinajstić information content (AvgIpc) is 1.67. The zero-order chi connectivity index (χ0) is 59.2. The number of fused-ring (bicyclic) bond motifs is 12. The Hall–Kier alpha value is -12.3. The van der Waals surface area contributed by atoms with Crippen LogP contribution >= 0.6 is 0 Å². The third kappa shape index (κ3) is 8.14. The lowest BCUT2D eigenvalue weighted by Crippen LogP contribution is -2.13. The summed E-state index contributed by atoms with van der Waals surface area (Å²) in [5.41, 5.74) is 17.9. The Bertz CT molecular complexity index is 5490. The van der Waals surface area contributed by atoms with Gasteiger partial charge in [-0.1, -0.05) is 176 Å². The largest absolute Gasteiger partial charge is 0.310 e. The van der Waals surface area contributed by atoms with E-state index in [1.807, 2.05) is 0 Å². The second-order valence-corrected chi connectivity index (χ2v) is 22.9. The van der Waals surface area contributed by atoms with Gasteiger partial charge in [-0.2, -0.15) is 15.0 Å². The molecule has 0 radical (unpaired) electrons. The van der Waals surface area contributed by atoms with E-state index in [1.54, 1.807) is 0 Å². The predicted octanol–water partition coefficient (Wildman–Crippen LogP) is 20.9. The fourth-order valence-electron chi connectivity index (χ4n) is 13.9. The van der Waals surface area contributed by atoms with Crippen LogP contribution in [0.4, 0.5) is 34.1 Å². The van der Waals surface area contributed by atoms with Gasteiger partial charge >= 0.3 is 0 Å². The smallest absolute Gasteiger partial charge is 0.241 e. The Kier molecular flexibility index (Phi) is 11.7. The van der Waals surface area contributed by atoms with E-state index >= 15 is 0 Å². The van der Waals surface area contributed by atoms with E-state index in [-0.39, 0.29) is 0 Å². The monoisotopic (exact) mass is 1150 g/mol. The van der Waals surface area contributed by atoms with Crippen LogP contribution in [0.15, 0.2) is 322 Å². The van der Waals surface area contributed by atoms with Gasteiger partial charge in [0.1, 0.15) is 0 Å². The van der Waals surface area contributed by atoms with Crippen molar-refractivity contribution in [1.82, 2.24) is 33.2 Å². The van der Waals surface area contributed by atoms with Gasteiger partial charge in [0.05, 0.1) is 44.1 Å². The molecule has 0 saturated carbocycles. The molecule has 0 aliphatic rings. The van der Waals surface area contributed by atoms with Gasteiger partial charge in [-0.25, -0.2) is 0 Å². The van der Waals surface area contributed by atoms with E-state index in [0.717, 1.165) is 116 Å². The third-order valence-corrected chi connectivity index (χ3v) is 17.8. The maximum Gasteiger partial charge on any atom is 0.241 e. The number of rotatable bonds is 11. The van der Waals surface area contributed by atoms with Crippen LogP contribution < -0.4 is 9.80 Å². The van der Waals surface area contributed by atoms with Crippen LogP contribution in [0.2, 0.25) is 0 Å². The Morgan fingerprint density at radius 2 is 0.444 bits per heavy atom. The summed E-state index contributed by atoms with van der Waals surface area (Å²) >= 11 is 0. The summed E-state index contributed by atoms with van der Waals surface area (Å²) in [5.74, 6) is 1.47. The number of benzene rings is 13. The van der Waals surface area contributed by atoms with Crippen molar-refractivity contribution in [1.29, 1.82) is 0 Å². The Balaban J connectivity index is 0.868. The molecule has 5 heterocycles. The standard InChI is InChI=1S/C81H53N9/c1-6-24-56(25-7-1)85(57-26-8-2-9-27-57)61-44-48-77-69(52-61)65-36-18-22-40-73(65)89(77)80-82-79(83-81(84-80)90-74-41-23-19-37-66(74)70-53-62(45-49-78(70)90)86(58-28-10-3-11-29-58)59-30-12-4-13-31-59)88-72-39-21-17-35-64(72)68-51-55(43-47-76(68)88)54-42-46-75-67(50-54)63-34-16-20-38-71(63)87(75)60-32-14-5-15-33-60/h1-53H. The van der Waals surface area contributed by atoms with Gasteiger partial charge in [-0.15, -0.1) is 0 Å². The zero-order valence-electron chi connectivity index (χ0n) is 48.6. The Morgan fingerprint density at radius 1 is 0.189 bits per heavy atom. The van der Waals surface area contributed by atoms with E-state index in [4.69, 9.17) is 15.0 Å². The molecule has 422 valence electrons. The van der Waals surface area contributed by atoms with E-state index in [1.165, 1.54) is 21.8 Å². The predicted molar refractivity (Wildman–Crippen MR) is 372 cm³/mol. The van der Waals surface area contributed by atoms with Crippen LogP contribution in [0.5, 0.6) is 0 Å². The van der Waals surface area contributed by atoms with Crippen LogP contribution in [-0.4, -0.2) is 33.2 Å². The molecule has 0 saturated heterocycles. The molecule has 13 aromatic carbocycles. The van der Waals surface area contributed by atoms with Crippen molar-refractivity contribution in [3.63, 3.8) is 0 Å². The quantitative estimate of drug-likeness (QED) is 0.129. The number of hydrogen-bond acceptors (Lipinski definition) is 5. The van der Waals surface area contributed by atoms with Crippen molar-refractivity contribution < 1.29 is 0 Å². The fourth-order valence-corrected chi connectivity index (χ4v) is 13.9. The first-order valence-corrected chi connectivity index (χ1v) is 30.4.